The third-order valence-electron chi connectivity index (χ3n) is 6.18. The van der Waals surface area contributed by atoms with E-state index in [2.05, 4.69) is 34.6 Å². The van der Waals surface area contributed by atoms with Crippen molar-refractivity contribution >= 4 is 10.1 Å². The molecule has 0 aliphatic rings. The second kappa shape index (κ2) is 20.2. The molecule has 5 heteroatoms. The van der Waals surface area contributed by atoms with E-state index in [0.717, 1.165) is 12.8 Å². The maximum absolute atomic E-state index is 10.4. The van der Waals surface area contributed by atoms with Crippen LogP contribution in [-0.4, -0.2) is 49.4 Å². The van der Waals surface area contributed by atoms with Gasteiger partial charge in [-0.25, -0.2) is 8.42 Å². The van der Waals surface area contributed by atoms with Crippen LogP contribution in [0.15, 0.2) is 0 Å². The van der Waals surface area contributed by atoms with Gasteiger partial charge in [0.1, 0.15) is 0 Å². The standard InChI is InChI=1S/C15H32O3S.C8H20N/c1-2-3-4-5-6-7-8-9-10-11-12-13-14-15-19(16,17)18;1-5-9(6-2,7-3)8-4/h2-15H2,1H3,(H,16,17,18);5-8H2,1-4H3/q;+1/p-1. The first kappa shape index (κ1) is 30.1. The summed E-state index contributed by atoms with van der Waals surface area (Å²) in [6, 6.07) is 0. The molecule has 0 spiro atoms. The highest BCUT2D eigenvalue weighted by atomic mass is 32.2. The highest BCUT2D eigenvalue weighted by Gasteiger charge is 2.16. The van der Waals surface area contributed by atoms with Crippen LogP contribution < -0.4 is 0 Å². The van der Waals surface area contributed by atoms with Crippen molar-refractivity contribution in [3.05, 3.63) is 0 Å². The summed E-state index contributed by atoms with van der Waals surface area (Å²) in [5.41, 5.74) is 0. The number of nitrogens with zero attached hydrogens (tertiary/aromatic N) is 1. The lowest BCUT2D eigenvalue weighted by atomic mass is 10.1. The molecular weight excluding hydrogens is 370 g/mol. The maximum Gasteiger partial charge on any atom is 0.0945 e. The zero-order valence-corrected chi connectivity index (χ0v) is 20.6. The molecule has 4 nitrogen and oxygen atoms in total. The van der Waals surface area contributed by atoms with Crippen LogP contribution in [0.2, 0.25) is 0 Å². The molecule has 0 atom stereocenters. The van der Waals surface area contributed by atoms with Gasteiger partial charge in [-0.3, -0.25) is 0 Å². The van der Waals surface area contributed by atoms with E-state index in [4.69, 9.17) is 0 Å². The van der Waals surface area contributed by atoms with E-state index < -0.39 is 10.1 Å². The van der Waals surface area contributed by atoms with Crippen LogP contribution in [0.4, 0.5) is 0 Å². The number of rotatable bonds is 18. The van der Waals surface area contributed by atoms with Gasteiger partial charge in [0.25, 0.3) is 0 Å². The van der Waals surface area contributed by atoms with Crippen LogP contribution in [0.25, 0.3) is 0 Å². The van der Waals surface area contributed by atoms with Crippen LogP contribution in [0.1, 0.15) is 118 Å². The Labute approximate surface area is 177 Å². The van der Waals surface area contributed by atoms with Crippen molar-refractivity contribution in [1.82, 2.24) is 0 Å². The fourth-order valence-electron chi connectivity index (χ4n) is 3.64. The van der Waals surface area contributed by atoms with E-state index in [0.29, 0.717) is 6.42 Å². The second-order valence-electron chi connectivity index (χ2n) is 8.11. The van der Waals surface area contributed by atoms with Gasteiger partial charge in [-0.05, 0) is 34.1 Å². The third-order valence-corrected chi connectivity index (χ3v) is 6.97. The van der Waals surface area contributed by atoms with Crippen LogP contribution >= 0.6 is 0 Å². The van der Waals surface area contributed by atoms with Gasteiger partial charge in [-0.1, -0.05) is 84.0 Å². The Morgan fingerprint density at radius 1 is 0.536 bits per heavy atom. The Bertz CT molecular complexity index is 389. The molecule has 0 aliphatic heterocycles. The smallest absolute Gasteiger partial charge is 0.0945 e. The molecule has 0 rings (SSSR count). The zero-order chi connectivity index (χ0) is 21.7. The highest BCUT2D eigenvalue weighted by molar-refractivity contribution is 7.85. The van der Waals surface area contributed by atoms with E-state index in [1.165, 1.54) is 94.9 Å². The number of unbranched alkanes of at least 4 members (excludes halogenated alkanes) is 12. The first-order chi connectivity index (χ1) is 13.3. The molecule has 0 unspecified atom stereocenters. The first-order valence-corrected chi connectivity index (χ1v) is 13.7. The Morgan fingerprint density at radius 3 is 1.04 bits per heavy atom. The summed E-state index contributed by atoms with van der Waals surface area (Å²) < 4.78 is 32.4. The van der Waals surface area contributed by atoms with Gasteiger partial charge >= 0.3 is 0 Å². The predicted octanol–water partition coefficient (Wildman–Crippen LogP) is 6.51. The zero-order valence-electron chi connectivity index (χ0n) is 19.8. The molecule has 0 saturated carbocycles. The van der Waals surface area contributed by atoms with E-state index >= 15 is 0 Å². The van der Waals surface area contributed by atoms with Crippen LogP contribution in [0.5, 0.6) is 0 Å². The van der Waals surface area contributed by atoms with Crippen molar-refractivity contribution in [2.24, 2.45) is 0 Å². The lowest BCUT2D eigenvalue weighted by Gasteiger charge is -2.34. The van der Waals surface area contributed by atoms with E-state index in [1.54, 1.807) is 0 Å². The molecule has 0 aliphatic carbocycles. The van der Waals surface area contributed by atoms with Crippen molar-refractivity contribution in [3.63, 3.8) is 0 Å². The summed E-state index contributed by atoms with van der Waals surface area (Å²) in [5.74, 6) is -0.190. The highest BCUT2D eigenvalue weighted by Crippen LogP contribution is 2.12. The second-order valence-corrected chi connectivity index (χ2v) is 9.63. The number of hydrogen-bond donors (Lipinski definition) is 0. The number of quaternary nitrogens is 1. The Kier molecular flexibility index (Phi) is 21.6. The van der Waals surface area contributed by atoms with Gasteiger partial charge in [0.05, 0.1) is 36.3 Å². The van der Waals surface area contributed by atoms with Crippen molar-refractivity contribution in [3.8, 4) is 0 Å². The Balaban J connectivity index is 0. The first-order valence-electron chi connectivity index (χ1n) is 12.1. The molecule has 0 aromatic rings. The summed E-state index contributed by atoms with van der Waals surface area (Å²) in [7, 11) is -3.99. The van der Waals surface area contributed by atoms with E-state index in [9.17, 15) is 13.0 Å². The summed E-state index contributed by atoms with van der Waals surface area (Å²) in [6.07, 6.45) is 15.7. The van der Waals surface area contributed by atoms with Crippen molar-refractivity contribution in [2.45, 2.75) is 118 Å². The van der Waals surface area contributed by atoms with Crippen molar-refractivity contribution < 1.29 is 17.5 Å². The lowest BCUT2D eigenvalue weighted by molar-refractivity contribution is -0.921. The van der Waals surface area contributed by atoms with Crippen LogP contribution in [-0.2, 0) is 10.1 Å². The molecular formula is C23H51NO3S. The monoisotopic (exact) mass is 421 g/mol. The van der Waals surface area contributed by atoms with E-state index in [1.807, 2.05) is 0 Å². The molecule has 0 saturated heterocycles. The van der Waals surface area contributed by atoms with Gasteiger partial charge in [-0.15, -0.1) is 0 Å². The molecule has 0 aromatic carbocycles. The van der Waals surface area contributed by atoms with Gasteiger partial charge in [0.15, 0.2) is 0 Å². The van der Waals surface area contributed by atoms with Gasteiger partial charge in [0.2, 0.25) is 0 Å². The summed E-state index contributed by atoms with van der Waals surface area (Å²) in [5, 5.41) is 0. The molecule has 0 amide bonds. The normalized spacial score (nSPS) is 11.9. The maximum atomic E-state index is 10.4. The lowest BCUT2D eigenvalue weighted by Crippen LogP contribution is -2.47. The van der Waals surface area contributed by atoms with Crippen molar-refractivity contribution in [1.29, 1.82) is 0 Å². The minimum absolute atomic E-state index is 0.190. The average Bonchev–Trinajstić information content (AvgIpc) is 2.67. The molecule has 0 aromatic heterocycles. The topological polar surface area (TPSA) is 57.2 Å². The minimum Gasteiger partial charge on any atom is -0.748 e. The van der Waals surface area contributed by atoms with Gasteiger partial charge in [-0.2, -0.15) is 0 Å². The quantitative estimate of drug-likeness (QED) is 0.144. The molecule has 0 heterocycles. The van der Waals surface area contributed by atoms with Crippen LogP contribution in [0.3, 0.4) is 0 Å². The summed E-state index contributed by atoms with van der Waals surface area (Å²) in [6.45, 7) is 16.5. The SMILES string of the molecule is CCCCCCCCCCCCCCCS(=O)(=O)[O-].CC[N+](CC)(CC)CC. The molecule has 0 radical (unpaired) electrons. The van der Waals surface area contributed by atoms with Gasteiger partial charge < -0.3 is 9.04 Å². The molecule has 0 N–H and O–H groups in total. The predicted molar refractivity (Wildman–Crippen MR) is 123 cm³/mol. The summed E-state index contributed by atoms with van der Waals surface area (Å²) >= 11 is 0. The summed E-state index contributed by atoms with van der Waals surface area (Å²) in [4.78, 5) is 0. The third kappa shape index (κ3) is 20.6. The fraction of sp³-hybridized carbons (Fsp3) is 1.00. The fourth-order valence-corrected chi connectivity index (χ4v) is 4.20. The molecule has 172 valence electrons. The van der Waals surface area contributed by atoms with E-state index in [-0.39, 0.29) is 5.75 Å². The average molecular weight is 422 g/mol. The molecule has 28 heavy (non-hydrogen) atoms. The molecule has 0 bridgehead atoms. The van der Waals surface area contributed by atoms with Crippen molar-refractivity contribution in [2.75, 3.05) is 31.9 Å². The Hall–Kier alpha value is -0.130. The number of hydrogen-bond acceptors (Lipinski definition) is 3. The molecule has 0 fully saturated rings. The minimum atomic E-state index is -3.99. The Morgan fingerprint density at radius 2 is 0.821 bits per heavy atom. The van der Waals surface area contributed by atoms with Gasteiger partial charge in [0, 0.05) is 5.75 Å². The van der Waals surface area contributed by atoms with Crippen LogP contribution in [0, 0.1) is 0 Å². The largest absolute Gasteiger partial charge is 0.748 e.